The summed E-state index contributed by atoms with van der Waals surface area (Å²) in [6.45, 7) is 9.43. The van der Waals surface area contributed by atoms with Crippen LogP contribution in [0.5, 0.6) is 11.5 Å². The molecule has 3 heteroatoms. The monoisotopic (exact) mass is 758 g/mol. The first-order valence-electron chi connectivity index (χ1n) is 20.7. The summed E-state index contributed by atoms with van der Waals surface area (Å²) in [5.74, 6) is 1.74. The lowest BCUT2D eigenvalue weighted by molar-refractivity contribution is 0.472. The summed E-state index contributed by atoms with van der Waals surface area (Å²) in [5.41, 5.74) is 16.6. The average molecular weight is 759 g/mol. The van der Waals surface area contributed by atoms with Gasteiger partial charge in [0.25, 0.3) is 0 Å². The van der Waals surface area contributed by atoms with Crippen molar-refractivity contribution in [2.75, 3.05) is 9.80 Å². The van der Waals surface area contributed by atoms with Crippen molar-refractivity contribution in [1.82, 2.24) is 0 Å². The quantitative estimate of drug-likeness (QED) is 0.178. The Kier molecular flexibility index (Phi) is 7.03. The molecule has 9 aromatic carbocycles. The molecule has 0 saturated heterocycles. The van der Waals surface area contributed by atoms with Crippen molar-refractivity contribution in [1.29, 1.82) is 0 Å². The molecule has 2 heterocycles. The standard InChI is InChI=1S/C56H42N2O/c1-55(2)45-23-10-9-22-43(45)44-29-28-40(34-47(44)55)57(49-26-14-17-35-15-5-7-20-41(35)49)39-19-13-18-37(31-39)38-32-48-54-52(33-38)59-51-30-27-36-16-6-8-21-42(36)53(51)58(54)50-25-12-11-24-46(50)56(48,3)4/h5-34H,1-4H3. The molecule has 1 aliphatic carbocycles. The van der Waals surface area contributed by atoms with Gasteiger partial charge in [0.2, 0.25) is 0 Å². The van der Waals surface area contributed by atoms with Crippen molar-refractivity contribution in [3.05, 3.63) is 204 Å². The van der Waals surface area contributed by atoms with Crippen LogP contribution in [0.3, 0.4) is 0 Å². The van der Waals surface area contributed by atoms with Crippen LogP contribution in [0, 0.1) is 0 Å². The van der Waals surface area contributed by atoms with Crippen LogP contribution in [-0.4, -0.2) is 0 Å². The van der Waals surface area contributed by atoms with Gasteiger partial charge in [-0.2, -0.15) is 0 Å². The molecule has 0 N–H and O–H groups in total. The van der Waals surface area contributed by atoms with E-state index in [2.05, 4.69) is 219 Å². The molecule has 0 bridgehead atoms. The molecule has 12 rings (SSSR count). The summed E-state index contributed by atoms with van der Waals surface area (Å²) >= 11 is 0. The van der Waals surface area contributed by atoms with Crippen LogP contribution < -0.4 is 14.5 Å². The van der Waals surface area contributed by atoms with Gasteiger partial charge in [0.15, 0.2) is 11.5 Å². The molecular weight excluding hydrogens is 717 g/mol. The van der Waals surface area contributed by atoms with Gasteiger partial charge in [-0.05, 0) is 110 Å². The smallest absolute Gasteiger partial charge is 0.152 e. The van der Waals surface area contributed by atoms with Gasteiger partial charge >= 0.3 is 0 Å². The van der Waals surface area contributed by atoms with Crippen molar-refractivity contribution < 1.29 is 4.74 Å². The van der Waals surface area contributed by atoms with Crippen molar-refractivity contribution in [2.24, 2.45) is 0 Å². The predicted molar refractivity (Wildman–Crippen MR) is 246 cm³/mol. The van der Waals surface area contributed by atoms with Crippen molar-refractivity contribution in [3.63, 3.8) is 0 Å². The lowest BCUT2D eigenvalue weighted by atomic mass is 9.72. The topological polar surface area (TPSA) is 15.7 Å². The van der Waals surface area contributed by atoms with E-state index in [0.717, 1.165) is 51.1 Å². The van der Waals surface area contributed by atoms with Gasteiger partial charge in [-0.3, -0.25) is 0 Å². The van der Waals surface area contributed by atoms with Crippen LogP contribution in [0.1, 0.15) is 49.9 Å². The Hall–Kier alpha value is -7.10. The largest absolute Gasteiger partial charge is 0.453 e. The van der Waals surface area contributed by atoms with E-state index in [1.165, 1.54) is 60.6 Å². The molecule has 0 amide bonds. The van der Waals surface area contributed by atoms with Gasteiger partial charge in [-0.15, -0.1) is 0 Å². The van der Waals surface area contributed by atoms with E-state index < -0.39 is 0 Å². The minimum Gasteiger partial charge on any atom is -0.453 e. The average Bonchev–Trinajstić information content (AvgIpc) is 3.50. The first-order valence-corrected chi connectivity index (χ1v) is 20.7. The molecule has 2 aliphatic heterocycles. The molecule has 3 aliphatic rings. The minimum absolute atomic E-state index is 0.122. The highest BCUT2D eigenvalue weighted by Gasteiger charge is 2.42. The lowest BCUT2D eigenvalue weighted by Crippen LogP contribution is -2.32. The zero-order chi connectivity index (χ0) is 39.6. The maximum absolute atomic E-state index is 7.00. The highest BCUT2D eigenvalue weighted by molar-refractivity contribution is 6.06. The maximum atomic E-state index is 7.00. The van der Waals surface area contributed by atoms with E-state index in [1.54, 1.807) is 0 Å². The molecule has 0 radical (unpaired) electrons. The number of hydrogen-bond acceptors (Lipinski definition) is 3. The normalized spacial score (nSPS) is 14.8. The van der Waals surface area contributed by atoms with E-state index >= 15 is 0 Å². The Morgan fingerprint density at radius 3 is 1.95 bits per heavy atom. The Bertz CT molecular complexity index is 3220. The van der Waals surface area contributed by atoms with Crippen LogP contribution in [0.2, 0.25) is 0 Å². The van der Waals surface area contributed by atoms with Crippen LogP contribution in [-0.2, 0) is 10.8 Å². The van der Waals surface area contributed by atoms with E-state index in [4.69, 9.17) is 4.74 Å². The van der Waals surface area contributed by atoms with Crippen LogP contribution >= 0.6 is 0 Å². The molecule has 0 saturated carbocycles. The molecule has 0 unspecified atom stereocenters. The number of para-hydroxylation sites is 1. The number of fused-ring (bicyclic) bond motifs is 10. The van der Waals surface area contributed by atoms with Crippen molar-refractivity contribution >= 4 is 55.7 Å². The third-order valence-electron chi connectivity index (χ3n) is 13.4. The summed E-state index contributed by atoms with van der Waals surface area (Å²) in [4.78, 5) is 4.91. The molecule has 0 spiro atoms. The fourth-order valence-electron chi connectivity index (χ4n) is 10.4. The van der Waals surface area contributed by atoms with Crippen molar-refractivity contribution in [2.45, 2.75) is 38.5 Å². The van der Waals surface area contributed by atoms with E-state index in [1.807, 2.05) is 0 Å². The summed E-state index contributed by atoms with van der Waals surface area (Å²) in [6.07, 6.45) is 0. The fraction of sp³-hybridized carbons (Fsp3) is 0.107. The lowest BCUT2D eigenvalue weighted by Gasteiger charge is -2.45. The summed E-state index contributed by atoms with van der Waals surface area (Å²) in [7, 11) is 0. The first kappa shape index (κ1) is 34.0. The summed E-state index contributed by atoms with van der Waals surface area (Å²) in [6, 6.07) is 66.9. The van der Waals surface area contributed by atoms with E-state index in [0.29, 0.717) is 0 Å². The summed E-state index contributed by atoms with van der Waals surface area (Å²) < 4.78 is 7.00. The van der Waals surface area contributed by atoms with Crippen molar-refractivity contribution in [3.8, 4) is 33.8 Å². The Labute approximate surface area is 345 Å². The molecule has 0 fully saturated rings. The van der Waals surface area contributed by atoms with Gasteiger partial charge < -0.3 is 14.5 Å². The van der Waals surface area contributed by atoms with Gasteiger partial charge in [0.05, 0.1) is 22.7 Å². The van der Waals surface area contributed by atoms with Crippen LogP contribution in [0.15, 0.2) is 182 Å². The van der Waals surface area contributed by atoms with Gasteiger partial charge in [0, 0.05) is 33.0 Å². The van der Waals surface area contributed by atoms with E-state index in [-0.39, 0.29) is 10.8 Å². The Balaban J connectivity index is 1.05. The second-order valence-corrected chi connectivity index (χ2v) is 17.4. The SMILES string of the molecule is CC1(C)c2ccccc2-c2ccc(N(c3cccc(-c4cc5c6c(c4)C(C)(C)c4ccccc4N6c4c(ccc6ccccc46)O5)c3)c3cccc4ccccc34)cc21. The molecule has 282 valence electrons. The number of nitrogens with zero attached hydrogens (tertiary/aromatic N) is 2. The van der Waals surface area contributed by atoms with Gasteiger partial charge in [0.1, 0.15) is 0 Å². The number of anilines is 6. The minimum atomic E-state index is -0.278. The highest BCUT2D eigenvalue weighted by atomic mass is 16.5. The maximum Gasteiger partial charge on any atom is 0.152 e. The highest BCUT2D eigenvalue weighted by Crippen LogP contribution is 2.62. The fourth-order valence-corrected chi connectivity index (χ4v) is 10.4. The predicted octanol–water partition coefficient (Wildman–Crippen LogP) is 15.7. The number of hydrogen-bond donors (Lipinski definition) is 0. The third kappa shape index (κ3) is 4.82. The molecule has 0 atom stereocenters. The van der Waals surface area contributed by atoms with Gasteiger partial charge in [-0.25, -0.2) is 0 Å². The number of rotatable bonds is 4. The first-order chi connectivity index (χ1) is 28.8. The zero-order valence-corrected chi connectivity index (χ0v) is 33.6. The van der Waals surface area contributed by atoms with Gasteiger partial charge in [-0.1, -0.05) is 155 Å². The number of ether oxygens (including phenoxy) is 1. The molecule has 3 nitrogen and oxygen atoms in total. The Morgan fingerprint density at radius 1 is 0.424 bits per heavy atom. The molecule has 9 aromatic rings. The zero-order valence-electron chi connectivity index (χ0n) is 33.6. The molecule has 0 aromatic heterocycles. The Morgan fingerprint density at radius 2 is 1.08 bits per heavy atom. The second-order valence-electron chi connectivity index (χ2n) is 17.4. The molecule has 59 heavy (non-hydrogen) atoms. The second kappa shape index (κ2) is 12.2. The number of benzene rings is 9. The van der Waals surface area contributed by atoms with E-state index in [9.17, 15) is 0 Å². The van der Waals surface area contributed by atoms with Crippen LogP contribution in [0.4, 0.5) is 34.1 Å². The third-order valence-corrected chi connectivity index (χ3v) is 13.4. The van der Waals surface area contributed by atoms with Crippen LogP contribution in [0.25, 0.3) is 43.8 Å². The summed E-state index contributed by atoms with van der Waals surface area (Å²) in [5, 5.41) is 4.80. The molecular formula is C56H42N2O.